The van der Waals surface area contributed by atoms with Crippen LogP contribution in [-0.2, 0) is 19.6 Å². The number of amides is 2. The topological polar surface area (TPSA) is 126 Å². The molecule has 0 bridgehead atoms. The van der Waals surface area contributed by atoms with Crippen LogP contribution in [0.15, 0.2) is 34.7 Å². The Morgan fingerprint density at radius 2 is 1.87 bits per heavy atom. The molecule has 0 aliphatic carbocycles. The molecule has 2 saturated heterocycles. The van der Waals surface area contributed by atoms with E-state index in [-0.39, 0.29) is 36.1 Å². The summed E-state index contributed by atoms with van der Waals surface area (Å²) in [4.78, 5) is 26.5. The van der Waals surface area contributed by atoms with Crippen molar-refractivity contribution >= 4 is 33.5 Å². The van der Waals surface area contributed by atoms with Crippen molar-refractivity contribution in [2.45, 2.75) is 25.2 Å². The van der Waals surface area contributed by atoms with Gasteiger partial charge in [0.05, 0.1) is 12.2 Å². The molecule has 11 heteroatoms. The number of piperidine rings is 1. The molecule has 2 aliphatic heterocycles. The maximum Gasteiger partial charge on any atom is 0.322 e. The average molecular weight is 433 g/mol. The largest absolute Gasteiger partial charge is 0.407 e. The molecule has 3 heterocycles. The molecule has 160 valence electrons. The number of benzene rings is 1. The molecule has 0 spiro atoms. The quantitative estimate of drug-likeness (QED) is 0.751. The van der Waals surface area contributed by atoms with Gasteiger partial charge in [0.25, 0.3) is 0 Å². The number of rotatable bonds is 5. The van der Waals surface area contributed by atoms with Crippen molar-refractivity contribution in [3.05, 3.63) is 36.2 Å². The lowest BCUT2D eigenvalue weighted by Gasteiger charge is -2.29. The van der Waals surface area contributed by atoms with E-state index in [1.165, 1.54) is 10.6 Å². The van der Waals surface area contributed by atoms with Crippen molar-refractivity contribution in [3.8, 4) is 0 Å². The Kier molecular flexibility index (Phi) is 5.56. The van der Waals surface area contributed by atoms with E-state index in [0.717, 1.165) is 5.69 Å². The molecular weight excluding hydrogens is 410 g/mol. The first kappa shape index (κ1) is 20.5. The third-order valence-corrected chi connectivity index (χ3v) is 6.81. The molecule has 2 amide bonds. The Morgan fingerprint density at radius 3 is 2.53 bits per heavy atom. The van der Waals surface area contributed by atoms with Crippen molar-refractivity contribution in [2.75, 3.05) is 36.1 Å². The Bertz CT molecular complexity index is 1030. The van der Waals surface area contributed by atoms with Crippen LogP contribution in [0.4, 0.5) is 11.7 Å². The SMILES string of the molecule is CS(=O)(=O)N1CCC(C(=O)Nc2nnc(C3CC(=O)N(c4ccccc4)C3)o2)CC1. The number of hydrogen-bond donors (Lipinski definition) is 1. The summed E-state index contributed by atoms with van der Waals surface area (Å²) >= 11 is 0. The lowest BCUT2D eigenvalue weighted by atomic mass is 9.97. The zero-order chi connectivity index (χ0) is 21.3. The second kappa shape index (κ2) is 8.15. The van der Waals surface area contributed by atoms with E-state index in [4.69, 9.17) is 4.42 Å². The first-order valence-electron chi connectivity index (χ1n) is 9.76. The van der Waals surface area contributed by atoms with E-state index in [2.05, 4.69) is 15.5 Å². The number of carbonyl (C=O) groups is 2. The van der Waals surface area contributed by atoms with Crippen LogP contribution in [0, 0.1) is 5.92 Å². The van der Waals surface area contributed by atoms with Crippen molar-refractivity contribution in [2.24, 2.45) is 5.92 Å². The van der Waals surface area contributed by atoms with E-state index < -0.39 is 10.0 Å². The highest BCUT2D eigenvalue weighted by molar-refractivity contribution is 7.88. The van der Waals surface area contributed by atoms with Crippen molar-refractivity contribution in [1.82, 2.24) is 14.5 Å². The third-order valence-electron chi connectivity index (χ3n) is 5.51. The van der Waals surface area contributed by atoms with Gasteiger partial charge in [-0.15, -0.1) is 5.10 Å². The number of carbonyl (C=O) groups excluding carboxylic acids is 2. The first-order valence-corrected chi connectivity index (χ1v) is 11.6. The van der Waals surface area contributed by atoms with E-state index in [1.807, 2.05) is 30.3 Å². The lowest BCUT2D eigenvalue weighted by Crippen LogP contribution is -2.40. The summed E-state index contributed by atoms with van der Waals surface area (Å²) in [5.74, 6) is -0.544. The van der Waals surface area contributed by atoms with Gasteiger partial charge in [0, 0.05) is 37.7 Å². The number of aromatic nitrogens is 2. The highest BCUT2D eigenvalue weighted by Gasteiger charge is 2.35. The summed E-state index contributed by atoms with van der Waals surface area (Å²) in [7, 11) is -3.24. The lowest BCUT2D eigenvalue weighted by molar-refractivity contribution is -0.121. The Morgan fingerprint density at radius 1 is 1.17 bits per heavy atom. The van der Waals surface area contributed by atoms with Crippen molar-refractivity contribution in [3.63, 3.8) is 0 Å². The molecule has 4 rings (SSSR count). The van der Waals surface area contributed by atoms with E-state index in [1.54, 1.807) is 4.90 Å². The normalized spacial score (nSPS) is 21.2. The Labute approximate surface area is 174 Å². The van der Waals surface area contributed by atoms with Gasteiger partial charge in [-0.2, -0.15) is 0 Å². The number of anilines is 2. The first-order chi connectivity index (χ1) is 14.3. The molecule has 10 nitrogen and oxygen atoms in total. The van der Waals surface area contributed by atoms with Gasteiger partial charge in [-0.3, -0.25) is 14.9 Å². The van der Waals surface area contributed by atoms with Gasteiger partial charge < -0.3 is 9.32 Å². The van der Waals surface area contributed by atoms with E-state index in [0.29, 0.717) is 38.4 Å². The zero-order valence-corrected chi connectivity index (χ0v) is 17.3. The van der Waals surface area contributed by atoms with E-state index >= 15 is 0 Å². The number of sulfonamides is 1. The van der Waals surface area contributed by atoms with E-state index in [9.17, 15) is 18.0 Å². The van der Waals surface area contributed by atoms with Gasteiger partial charge >= 0.3 is 6.01 Å². The molecule has 1 unspecified atom stereocenters. The Hall–Kier alpha value is -2.79. The predicted octanol–water partition coefficient (Wildman–Crippen LogP) is 1.20. The summed E-state index contributed by atoms with van der Waals surface area (Å²) in [6.45, 7) is 1.05. The van der Waals surface area contributed by atoms with Crippen LogP contribution in [0.1, 0.15) is 31.1 Å². The Balaban J connectivity index is 1.35. The van der Waals surface area contributed by atoms with Gasteiger partial charge in [-0.1, -0.05) is 23.3 Å². The maximum atomic E-state index is 12.5. The smallest absolute Gasteiger partial charge is 0.322 e. The second-order valence-electron chi connectivity index (χ2n) is 7.61. The monoisotopic (exact) mass is 433 g/mol. The van der Waals surface area contributed by atoms with Gasteiger partial charge in [-0.05, 0) is 25.0 Å². The summed E-state index contributed by atoms with van der Waals surface area (Å²) in [5.41, 5.74) is 0.818. The van der Waals surface area contributed by atoms with Crippen LogP contribution in [0.3, 0.4) is 0 Å². The third kappa shape index (κ3) is 4.36. The second-order valence-corrected chi connectivity index (χ2v) is 9.59. The number of hydrogen-bond acceptors (Lipinski definition) is 7. The number of para-hydroxylation sites is 1. The van der Waals surface area contributed by atoms with Crippen LogP contribution < -0.4 is 10.2 Å². The molecule has 30 heavy (non-hydrogen) atoms. The number of nitrogens with one attached hydrogen (secondary N) is 1. The predicted molar refractivity (Wildman–Crippen MR) is 108 cm³/mol. The highest BCUT2D eigenvalue weighted by atomic mass is 32.2. The molecule has 0 saturated carbocycles. The fourth-order valence-electron chi connectivity index (χ4n) is 3.84. The summed E-state index contributed by atoms with van der Waals surface area (Å²) in [6.07, 6.45) is 2.29. The summed E-state index contributed by atoms with van der Waals surface area (Å²) in [5, 5.41) is 10.5. The standard InChI is InChI=1S/C19H23N5O5S/c1-30(27,28)23-9-7-13(8-10-23)17(26)20-19-22-21-18(29-19)14-11-16(25)24(12-14)15-5-3-2-4-6-15/h2-6,13-14H,7-12H2,1H3,(H,20,22,26). The fraction of sp³-hybridized carbons (Fsp3) is 0.474. The van der Waals surface area contributed by atoms with Crippen LogP contribution in [-0.4, -0.2) is 60.6 Å². The average Bonchev–Trinajstić information content (AvgIpc) is 3.34. The summed E-state index contributed by atoms with van der Waals surface area (Å²) in [6, 6.07) is 9.36. The molecule has 1 aromatic heterocycles. The fourth-order valence-corrected chi connectivity index (χ4v) is 4.71. The molecule has 2 fully saturated rings. The summed E-state index contributed by atoms with van der Waals surface area (Å²) < 4.78 is 30.1. The molecule has 1 atom stereocenters. The maximum absolute atomic E-state index is 12.5. The van der Waals surface area contributed by atoms with Crippen LogP contribution in [0.2, 0.25) is 0 Å². The van der Waals surface area contributed by atoms with Gasteiger partial charge in [0.1, 0.15) is 0 Å². The van der Waals surface area contributed by atoms with Crippen LogP contribution >= 0.6 is 0 Å². The minimum Gasteiger partial charge on any atom is -0.407 e. The molecule has 0 radical (unpaired) electrons. The zero-order valence-electron chi connectivity index (χ0n) is 16.5. The molecular formula is C19H23N5O5S. The molecule has 1 N–H and O–H groups in total. The van der Waals surface area contributed by atoms with Crippen molar-refractivity contribution < 1.29 is 22.4 Å². The number of nitrogens with zero attached hydrogens (tertiary/aromatic N) is 4. The molecule has 1 aromatic carbocycles. The van der Waals surface area contributed by atoms with Crippen molar-refractivity contribution in [1.29, 1.82) is 0 Å². The van der Waals surface area contributed by atoms with Gasteiger partial charge in [0.2, 0.25) is 27.7 Å². The van der Waals surface area contributed by atoms with Gasteiger partial charge in [0.15, 0.2) is 0 Å². The van der Waals surface area contributed by atoms with Crippen LogP contribution in [0.25, 0.3) is 0 Å². The molecule has 2 aliphatic rings. The van der Waals surface area contributed by atoms with Gasteiger partial charge in [-0.25, -0.2) is 12.7 Å². The highest BCUT2D eigenvalue weighted by Crippen LogP contribution is 2.31. The minimum absolute atomic E-state index is 0.00819. The molecule has 2 aromatic rings. The van der Waals surface area contributed by atoms with Crippen LogP contribution in [0.5, 0.6) is 0 Å². The minimum atomic E-state index is -3.24.